The highest BCUT2D eigenvalue weighted by atomic mass is 16.5. The molecule has 0 heterocycles. The van der Waals surface area contributed by atoms with Gasteiger partial charge < -0.3 is 20.1 Å². The minimum atomic E-state index is -1.29. The van der Waals surface area contributed by atoms with Crippen LogP contribution in [0.25, 0.3) is 5.57 Å². The topological polar surface area (TPSA) is 104 Å². The summed E-state index contributed by atoms with van der Waals surface area (Å²) in [5.74, 6) is -1.95. The second-order valence-electron chi connectivity index (χ2n) is 7.66. The highest BCUT2D eigenvalue weighted by Gasteiger charge is 2.20. The maximum Gasteiger partial charge on any atom is 0.336 e. The Hall–Kier alpha value is -3.12. The number of rotatable bonds is 11. The van der Waals surface area contributed by atoms with E-state index in [0.29, 0.717) is 17.7 Å². The third-order valence-corrected chi connectivity index (χ3v) is 5.62. The van der Waals surface area contributed by atoms with Crippen LogP contribution in [0.15, 0.2) is 48.5 Å². The molecular formula is C25H30O6. The molecule has 0 aliphatic carbocycles. The van der Waals surface area contributed by atoms with Crippen LogP contribution in [-0.4, -0.2) is 32.9 Å². The van der Waals surface area contributed by atoms with Gasteiger partial charge in [-0.25, -0.2) is 9.59 Å². The van der Waals surface area contributed by atoms with Crippen molar-refractivity contribution in [1.82, 2.24) is 0 Å². The van der Waals surface area contributed by atoms with Crippen molar-refractivity contribution in [2.24, 2.45) is 0 Å². The van der Waals surface area contributed by atoms with Gasteiger partial charge >= 0.3 is 11.9 Å². The van der Waals surface area contributed by atoms with Crippen molar-refractivity contribution in [3.8, 4) is 5.75 Å². The lowest BCUT2D eigenvalue weighted by Crippen LogP contribution is -2.25. The minimum absolute atomic E-state index is 0.117. The average molecular weight is 427 g/mol. The molecule has 0 radical (unpaired) electrons. The molecule has 6 nitrogen and oxygen atoms in total. The van der Waals surface area contributed by atoms with Crippen LogP contribution in [0.4, 0.5) is 0 Å². The van der Waals surface area contributed by atoms with Gasteiger partial charge in [-0.1, -0.05) is 38.1 Å². The van der Waals surface area contributed by atoms with Crippen molar-refractivity contribution in [3.63, 3.8) is 0 Å². The summed E-state index contributed by atoms with van der Waals surface area (Å²) in [5, 5.41) is 28.8. The maximum atomic E-state index is 11.3. The van der Waals surface area contributed by atoms with E-state index in [0.717, 1.165) is 30.4 Å². The van der Waals surface area contributed by atoms with Crippen molar-refractivity contribution in [1.29, 1.82) is 0 Å². The molecule has 0 amide bonds. The molecule has 0 saturated heterocycles. The van der Waals surface area contributed by atoms with E-state index >= 15 is 0 Å². The van der Waals surface area contributed by atoms with Crippen LogP contribution in [0.5, 0.6) is 5.75 Å². The molecule has 0 fully saturated rings. The van der Waals surface area contributed by atoms with Crippen LogP contribution in [-0.2, 0) is 6.61 Å². The van der Waals surface area contributed by atoms with E-state index in [1.807, 2.05) is 45.0 Å². The molecule has 6 heteroatoms. The van der Waals surface area contributed by atoms with E-state index in [9.17, 15) is 19.8 Å². The lowest BCUT2D eigenvalue weighted by molar-refractivity contribution is 0.0246. The third-order valence-electron chi connectivity index (χ3n) is 5.62. The molecule has 2 rings (SSSR count). The fourth-order valence-corrected chi connectivity index (χ4v) is 3.32. The Morgan fingerprint density at radius 3 is 2.29 bits per heavy atom. The summed E-state index contributed by atoms with van der Waals surface area (Å²) >= 11 is 0. The molecule has 0 spiro atoms. The third kappa shape index (κ3) is 6.69. The first-order valence-corrected chi connectivity index (χ1v) is 10.4. The number of hydrogen-bond acceptors (Lipinski definition) is 4. The molecule has 0 aliphatic heterocycles. The number of hydrogen-bond donors (Lipinski definition) is 3. The molecule has 0 saturated carbocycles. The maximum absolute atomic E-state index is 11.3. The molecule has 0 aliphatic rings. The fraction of sp³-hybridized carbons (Fsp3) is 0.360. The summed E-state index contributed by atoms with van der Waals surface area (Å²) in [7, 11) is 0. The molecule has 0 bridgehead atoms. The second kappa shape index (κ2) is 10.8. The van der Waals surface area contributed by atoms with Gasteiger partial charge in [-0.15, -0.1) is 0 Å². The van der Waals surface area contributed by atoms with Crippen LogP contribution in [0.2, 0.25) is 0 Å². The second-order valence-corrected chi connectivity index (χ2v) is 7.66. The van der Waals surface area contributed by atoms with Crippen LogP contribution >= 0.6 is 0 Å². The van der Waals surface area contributed by atoms with Gasteiger partial charge in [0.25, 0.3) is 0 Å². The van der Waals surface area contributed by atoms with Gasteiger partial charge in [0.2, 0.25) is 0 Å². The largest absolute Gasteiger partial charge is 0.489 e. The molecular weight excluding hydrogens is 396 g/mol. The van der Waals surface area contributed by atoms with E-state index in [-0.39, 0.29) is 17.7 Å². The van der Waals surface area contributed by atoms with E-state index in [1.165, 1.54) is 12.1 Å². The Morgan fingerprint density at radius 2 is 1.68 bits per heavy atom. The molecule has 2 aromatic rings. The average Bonchev–Trinajstić information content (AvgIpc) is 2.77. The Labute approximate surface area is 182 Å². The Kier molecular flexibility index (Phi) is 8.39. The quantitative estimate of drug-likeness (QED) is 0.445. The van der Waals surface area contributed by atoms with Crippen molar-refractivity contribution in [2.45, 2.75) is 58.7 Å². The van der Waals surface area contributed by atoms with Gasteiger partial charge in [0, 0.05) is 0 Å². The van der Waals surface area contributed by atoms with Gasteiger partial charge in [-0.05, 0) is 73.6 Å². The van der Waals surface area contributed by atoms with E-state index in [1.54, 1.807) is 6.07 Å². The van der Waals surface area contributed by atoms with E-state index in [4.69, 9.17) is 9.84 Å². The summed E-state index contributed by atoms with van der Waals surface area (Å²) in [4.78, 5) is 22.5. The number of benzene rings is 2. The highest BCUT2D eigenvalue weighted by Crippen LogP contribution is 2.25. The molecule has 2 aromatic carbocycles. The Morgan fingerprint density at radius 1 is 1.00 bits per heavy atom. The molecule has 0 unspecified atom stereocenters. The smallest absolute Gasteiger partial charge is 0.336 e. The van der Waals surface area contributed by atoms with Crippen molar-refractivity contribution in [3.05, 3.63) is 70.8 Å². The lowest BCUT2D eigenvalue weighted by Gasteiger charge is -2.24. The lowest BCUT2D eigenvalue weighted by atomic mass is 9.91. The molecule has 0 atom stereocenters. The van der Waals surface area contributed by atoms with Gasteiger partial charge in [0.15, 0.2) is 0 Å². The van der Waals surface area contributed by atoms with E-state index < -0.39 is 17.5 Å². The van der Waals surface area contributed by atoms with Gasteiger partial charge in [-0.2, -0.15) is 0 Å². The zero-order valence-electron chi connectivity index (χ0n) is 18.2. The highest BCUT2D eigenvalue weighted by molar-refractivity contribution is 6.01. The fourth-order valence-electron chi connectivity index (χ4n) is 3.32. The summed E-state index contributed by atoms with van der Waals surface area (Å²) < 4.78 is 5.80. The number of aromatic carboxylic acids is 2. The zero-order valence-corrected chi connectivity index (χ0v) is 18.2. The van der Waals surface area contributed by atoms with Crippen LogP contribution in [0, 0.1) is 0 Å². The molecule has 3 N–H and O–H groups in total. The van der Waals surface area contributed by atoms with Gasteiger partial charge in [0.05, 0.1) is 16.7 Å². The molecule has 0 aromatic heterocycles. The van der Waals surface area contributed by atoms with E-state index in [2.05, 4.69) is 6.08 Å². The van der Waals surface area contributed by atoms with Crippen molar-refractivity contribution in [2.75, 3.05) is 0 Å². The summed E-state index contributed by atoms with van der Waals surface area (Å²) in [6.45, 7) is 6.12. The summed E-state index contributed by atoms with van der Waals surface area (Å²) in [5.41, 5.74) is 1.52. The predicted molar refractivity (Wildman–Crippen MR) is 120 cm³/mol. The van der Waals surface area contributed by atoms with Crippen LogP contribution < -0.4 is 4.74 Å². The minimum Gasteiger partial charge on any atom is -0.489 e. The Bertz CT molecular complexity index is 956. The number of carboxylic acid groups (broad SMARTS) is 2. The SMILES string of the molecule is CCC(O)(CC)CC/C=C(\C)c1cccc(OCc2ccc(C(=O)O)c(C(=O)O)c2)c1. The van der Waals surface area contributed by atoms with Gasteiger partial charge in [-0.3, -0.25) is 0 Å². The van der Waals surface area contributed by atoms with Crippen LogP contribution in [0.1, 0.15) is 78.3 Å². The first-order chi connectivity index (χ1) is 14.7. The normalized spacial score (nSPS) is 11.9. The van der Waals surface area contributed by atoms with Crippen LogP contribution in [0.3, 0.4) is 0 Å². The number of ether oxygens (including phenoxy) is 1. The Balaban J connectivity index is 2.07. The predicted octanol–water partition coefficient (Wildman–Crippen LogP) is 5.40. The number of allylic oxidation sites excluding steroid dienone is 2. The standard InChI is InChI=1S/C25H30O6/c1-4-25(30,5-2)13-7-8-17(3)19-9-6-10-20(15-19)31-16-18-11-12-21(23(26)27)22(14-18)24(28)29/h6,8-12,14-15,30H,4-5,7,13,16H2,1-3H3,(H,26,27)(H,28,29)/b17-8+. The van der Waals surface area contributed by atoms with Crippen molar-refractivity contribution >= 4 is 17.5 Å². The summed E-state index contributed by atoms with van der Waals surface area (Å²) in [6, 6.07) is 11.7. The van der Waals surface area contributed by atoms with Crippen molar-refractivity contribution < 1.29 is 29.6 Å². The van der Waals surface area contributed by atoms with Gasteiger partial charge in [0.1, 0.15) is 12.4 Å². The first-order valence-electron chi connectivity index (χ1n) is 10.4. The zero-order chi connectivity index (χ0) is 23.0. The monoisotopic (exact) mass is 426 g/mol. The molecule has 31 heavy (non-hydrogen) atoms. The number of aliphatic hydroxyl groups is 1. The number of carboxylic acids is 2. The summed E-state index contributed by atoms with van der Waals surface area (Å²) in [6.07, 6.45) is 5.07. The molecule has 166 valence electrons. The number of carbonyl (C=O) groups is 2. The first kappa shape index (κ1) is 24.2.